The van der Waals surface area contributed by atoms with Crippen molar-refractivity contribution in [2.45, 2.75) is 39.4 Å². The fourth-order valence-electron chi connectivity index (χ4n) is 1.41. The van der Waals surface area contributed by atoms with Crippen molar-refractivity contribution in [2.75, 3.05) is 13.2 Å². The highest BCUT2D eigenvalue weighted by Crippen LogP contribution is 2.18. The van der Waals surface area contributed by atoms with Crippen molar-refractivity contribution in [3.05, 3.63) is 27.5 Å². The molecule has 1 N–H and O–H groups in total. The summed E-state index contributed by atoms with van der Waals surface area (Å²) < 4.78 is 11.5. The molecule has 0 aliphatic heterocycles. The third kappa shape index (κ3) is 8.24. The summed E-state index contributed by atoms with van der Waals surface area (Å²) in [4.78, 5) is 15.6. The van der Waals surface area contributed by atoms with Crippen LogP contribution in [0.2, 0.25) is 5.15 Å². The normalized spacial score (nSPS) is 11.3. The summed E-state index contributed by atoms with van der Waals surface area (Å²) >= 11 is 9.20. The number of hydrogen-bond donors (Lipinski definition) is 1. The first-order chi connectivity index (χ1) is 9.78. The Bertz CT molecular complexity index is 478. The molecule has 0 radical (unpaired) electrons. The molecule has 118 valence electrons. The van der Waals surface area contributed by atoms with Crippen molar-refractivity contribution in [3.63, 3.8) is 0 Å². The van der Waals surface area contributed by atoms with E-state index in [1.54, 1.807) is 6.07 Å². The number of aromatic nitrogens is 1. The molecule has 1 aromatic heterocycles. The Balaban J connectivity index is 2.15. The zero-order valence-corrected chi connectivity index (χ0v) is 14.8. The Morgan fingerprint density at radius 3 is 2.81 bits per heavy atom. The number of carbonyl (C=O) groups excluding carboxylic acids is 1. The minimum Gasteiger partial charge on any atom is -0.444 e. The van der Waals surface area contributed by atoms with Gasteiger partial charge in [-0.1, -0.05) is 11.6 Å². The van der Waals surface area contributed by atoms with Crippen LogP contribution >= 0.6 is 27.5 Å². The molecule has 1 amide bonds. The highest BCUT2D eigenvalue weighted by molar-refractivity contribution is 9.10. The molecule has 0 aliphatic carbocycles. The van der Waals surface area contributed by atoms with Crippen LogP contribution in [0.3, 0.4) is 0 Å². The third-order valence-corrected chi connectivity index (χ3v) is 3.19. The maximum Gasteiger partial charge on any atom is 0.407 e. The number of nitrogens with zero attached hydrogens (tertiary/aromatic N) is 1. The number of amides is 1. The van der Waals surface area contributed by atoms with Gasteiger partial charge in [0.1, 0.15) is 10.8 Å². The fourth-order valence-corrected chi connectivity index (χ4v) is 1.91. The second-order valence-corrected chi connectivity index (χ2v) is 6.64. The van der Waals surface area contributed by atoms with E-state index in [9.17, 15) is 4.79 Å². The van der Waals surface area contributed by atoms with Crippen LogP contribution in [0, 0.1) is 0 Å². The van der Waals surface area contributed by atoms with Crippen LogP contribution < -0.4 is 5.32 Å². The largest absolute Gasteiger partial charge is 0.444 e. The van der Waals surface area contributed by atoms with E-state index in [1.807, 2.05) is 26.8 Å². The van der Waals surface area contributed by atoms with Crippen molar-refractivity contribution < 1.29 is 14.3 Å². The van der Waals surface area contributed by atoms with E-state index >= 15 is 0 Å². The quantitative estimate of drug-likeness (QED) is 0.601. The number of rotatable bonds is 6. The summed E-state index contributed by atoms with van der Waals surface area (Å²) in [6, 6.07) is 3.54. The molecule has 0 unspecified atom stereocenters. The number of alkyl carbamates (subject to hydrolysis) is 1. The third-order valence-electron chi connectivity index (χ3n) is 2.26. The molecule has 0 aromatic carbocycles. The summed E-state index contributed by atoms with van der Waals surface area (Å²) in [5.74, 6) is 0. The van der Waals surface area contributed by atoms with E-state index in [2.05, 4.69) is 26.2 Å². The van der Waals surface area contributed by atoms with Gasteiger partial charge in [0, 0.05) is 17.6 Å². The lowest BCUT2D eigenvalue weighted by molar-refractivity contribution is 0.0517. The van der Waals surface area contributed by atoms with E-state index in [0.29, 0.717) is 31.3 Å². The molecule has 1 rings (SSSR count). The Morgan fingerprint density at radius 2 is 2.14 bits per heavy atom. The molecule has 0 aliphatic rings. The lowest BCUT2D eigenvalue weighted by Crippen LogP contribution is -2.33. The second kappa shape index (κ2) is 8.56. The number of ether oxygens (including phenoxy) is 2. The van der Waals surface area contributed by atoms with Crippen molar-refractivity contribution >= 4 is 33.6 Å². The smallest absolute Gasteiger partial charge is 0.407 e. The van der Waals surface area contributed by atoms with E-state index in [4.69, 9.17) is 21.1 Å². The first-order valence-corrected chi connectivity index (χ1v) is 7.80. The van der Waals surface area contributed by atoms with Gasteiger partial charge in [0.15, 0.2) is 0 Å². The summed E-state index contributed by atoms with van der Waals surface area (Å²) in [7, 11) is 0. The zero-order valence-electron chi connectivity index (χ0n) is 12.4. The monoisotopic (exact) mass is 378 g/mol. The SMILES string of the molecule is CC(C)(C)OC(=O)NCCCOCc1nc(Cl)ccc1Br. The summed E-state index contributed by atoms with van der Waals surface area (Å²) in [5, 5.41) is 3.10. The molecular weight excluding hydrogens is 360 g/mol. The summed E-state index contributed by atoms with van der Waals surface area (Å²) in [5.41, 5.74) is 0.271. The Morgan fingerprint density at radius 1 is 1.43 bits per heavy atom. The van der Waals surface area contributed by atoms with Gasteiger partial charge >= 0.3 is 6.09 Å². The number of hydrogen-bond acceptors (Lipinski definition) is 4. The van der Waals surface area contributed by atoms with Crippen LogP contribution in [-0.2, 0) is 16.1 Å². The Kier molecular flexibility index (Phi) is 7.42. The van der Waals surface area contributed by atoms with Crippen molar-refractivity contribution in [2.24, 2.45) is 0 Å². The maximum atomic E-state index is 11.4. The van der Waals surface area contributed by atoms with E-state index < -0.39 is 11.7 Å². The standard InChI is InChI=1S/C14H20BrClN2O3/c1-14(2,3)21-13(19)17-7-4-8-20-9-11-10(15)5-6-12(16)18-11/h5-6H,4,7-9H2,1-3H3,(H,17,19). The topological polar surface area (TPSA) is 60.5 Å². The van der Waals surface area contributed by atoms with Crippen molar-refractivity contribution in [1.29, 1.82) is 0 Å². The number of pyridine rings is 1. The van der Waals surface area contributed by atoms with Gasteiger partial charge in [0.25, 0.3) is 0 Å². The predicted molar refractivity (Wildman–Crippen MR) is 85.5 cm³/mol. The first-order valence-electron chi connectivity index (χ1n) is 6.63. The lowest BCUT2D eigenvalue weighted by atomic mass is 10.2. The van der Waals surface area contributed by atoms with E-state index in [1.165, 1.54) is 0 Å². The highest BCUT2D eigenvalue weighted by Gasteiger charge is 2.15. The Labute approximate surface area is 138 Å². The highest BCUT2D eigenvalue weighted by atomic mass is 79.9. The zero-order chi connectivity index (χ0) is 15.9. The van der Waals surface area contributed by atoms with E-state index in [-0.39, 0.29) is 0 Å². The maximum absolute atomic E-state index is 11.4. The molecule has 7 heteroatoms. The molecule has 0 spiro atoms. The Hall–Kier alpha value is -0.850. The molecular formula is C14H20BrClN2O3. The van der Waals surface area contributed by atoms with Crippen LogP contribution in [0.4, 0.5) is 4.79 Å². The molecule has 0 atom stereocenters. The molecule has 1 heterocycles. The van der Waals surface area contributed by atoms with Crippen LogP contribution in [-0.4, -0.2) is 29.8 Å². The predicted octanol–water partition coefficient (Wildman–Crippen LogP) is 3.93. The average Bonchev–Trinajstić information content (AvgIpc) is 2.35. The number of halogens is 2. The second-order valence-electron chi connectivity index (χ2n) is 5.40. The molecule has 0 fully saturated rings. The molecule has 5 nitrogen and oxygen atoms in total. The van der Waals surface area contributed by atoms with Gasteiger partial charge in [0.2, 0.25) is 0 Å². The van der Waals surface area contributed by atoms with Gasteiger partial charge in [-0.3, -0.25) is 0 Å². The average molecular weight is 380 g/mol. The van der Waals surface area contributed by atoms with Gasteiger partial charge < -0.3 is 14.8 Å². The van der Waals surface area contributed by atoms with Crippen LogP contribution in [0.25, 0.3) is 0 Å². The van der Waals surface area contributed by atoms with Gasteiger partial charge in [-0.2, -0.15) is 0 Å². The molecule has 0 saturated heterocycles. The van der Waals surface area contributed by atoms with Crippen LogP contribution in [0.5, 0.6) is 0 Å². The summed E-state index contributed by atoms with van der Waals surface area (Å²) in [6.07, 6.45) is 0.277. The number of carbonyl (C=O) groups is 1. The fraction of sp³-hybridized carbons (Fsp3) is 0.571. The van der Waals surface area contributed by atoms with Gasteiger partial charge in [-0.25, -0.2) is 9.78 Å². The molecule has 0 bridgehead atoms. The van der Waals surface area contributed by atoms with Crippen molar-refractivity contribution in [1.82, 2.24) is 10.3 Å². The molecule has 0 saturated carbocycles. The number of nitrogens with one attached hydrogen (secondary N) is 1. The van der Waals surface area contributed by atoms with Crippen LogP contribution in [0.15, 0.2) is 16.6 Å². The summed E-state index contributed by atoms with van der Waals surface area (Å²) in [6.45, 7) is 6.85. The minimum absolute atomic E-state index is 0.369. The first kappa shape index (κ1) is 18.2. The minimum atomic E-state index is -0.481. The molecule has 1 aromatic rings. The molecule has 21 heavy (non-hydrogen) atoms. The van der Waals surface area contributed by atoms with E-state index in [0.717, 1.165) is 10.2 Å². The lowest BCUT2D eigenvalue weighted by Gasteiger charge is -2.19. The van der Waals surface area contributed by atoms with Gasteiger partial charge in [-0.15, -0.1) is 0 Å². The van der Waals surface area contributed by atoms with Crippen LogP contribution in [0.1, 0.15) is 32.9 Å². The van der Waals surface area contributed by atoms with Gasteiger partial charge in [-0.05, 0) is 55.3 Å². The van der Waals surface area contributed by atoms with Crippen molar-refractivity contribution in [3.8, 4) is 0 Å². The van der Waals surface area contributed by atoms with Gasteiger partial charge in [0.05, 0.1) is 12.3 Å².